The first-order chi connectivity index (χ1) is 9.60. The number of rotatable bonds is 4. The number of hydrogen-bond acceptors (Lipinski definition) is 3. The van der Waals surface area contributed by atoms with E-state index in [1.165, 1.54) is 26.4 Å². The molecule has 20 heavy (non-hydrogen) atoms. The van der Waals surface area contributed by atoms with Crippen molar-refractivity contribution < 1.29 is 13.9 Å². The zero-order valence-corrected chi connectivity index (χ0v) is 11.9. The maximum absolute atomic E-state index is 14.0. The van der Waals surface area contributed by atoms with Gasteiger partial charge in [0.25, 0.3) is 0 Å². The van der Waals surface area contributed by atoms with Crippen molar-refractivity contribution in [3.63, 3.8) is 0 Å². The smallest absolute Gasteiger partial charge is 0.129 e. The van der Waals surface area contributed by atoms with Crippen LogP contribution in [0.25, 0.3) is 0 Å². The molecular formula is C15H15ClFNO2. The molecule has 1 atom stereocenters. The largest absolute Gasteiger partial charge is 0.496 e. The molecule has 2 aromatic carbocycles. The highest BCUT2D eigenvalue weighted by molar-refractivity contribution is 6.31. The molecule has 1 unspecified atom stereocenters. The third kappa shape index (κ3) is 2.57. The minimum Gasteiger partial charge on any atom is -0.496 e. The fourth-order valence-corrected chi connectivity index (χ4v) is 2.42. The van der Waals surface area contributed by atoms with Crippen molar-refractivity contribution in [2.75, 3.05) is 14.2 Å². The fraction of sp³-hybridized carbons (Fsp3) is 0.200. The van der Waals surface area contributed by atoms with E-state index in [9.17, 15) is 4.39 Å². The quantitative estimate of drug-likeness (QED) is 0.938. The molecule has 0 saturated carbocycles. The van der Waals surface area contributed by atoms with E-state index in [1.807, 2.05) is 0 Å². The Kier molecular flexibility index (Phi) is 4.47. The van der Waals surface area contributed by atoms with E-state index < -0.39 is 11.9 Å². The number of ether oxygens (including phenoxy) is 2. The van der Waals surface area contributed by atoms with Gasteiger partial charge in [0.15, 0.2) is 0 Å². The Hall–Kier alpha value is -1.78. The molecule has 0 radical (unpaired) electrons. The highest BCUT2D eigenvalue weighted by Gasteiger charge is 2.23. The van der Waals surface area contributed by atoms with Crippen LogP contribution in [0.15, 0.2) is 36.4 Å². The summed E-state index contributed by atoms with van der Waals surface area (Å²) >= 11 is 6.06. The van der Waals surface area contributed by atoms with Gasteiger partial charge in [0.1, 0.15) is 17.3 Å². The van der Waals surface area contributed by atoms with Crippen LogP contribution < -0.4 is 15.2 Å². The van der Waals surface area contributed by atoms with Gasteiger partial charge in [0.2, 0.25) is 0 Å². The average molecular weight is 296 g/mol. The lowest BCUT2D eigenvalue weighted by Crippen LogP contribution is -2.16. The third-order valence-electron chi connectivity index (χ3n) is 3.09. The van der Waals surface area contributed by atoms with Gasteiger partial charge in [-0.15, -0.1) is 0 Å². The zero-order chi connectivity index (χ0) is 14.7. The van der Waals surface area contributed by atoms with Crippen LogP contribution in [0.3, 0.4) is 0 Å². The molecule has 0 saturated heterocycles. The summed E-state index contributed by atoms with van der Waals surface area (Å²) in [4.78, 5) is 0. The first-order valence-electron chi connectivity index (χ1n) is 6.00. The summed E-state index contributed by atoms with van der Waals surface area (Å²) in [6.45, 7) is 0. The Labute approximate surface area is 122 Å². The zero-order valence-electron chi connectivity index (χ0n) is 11.2. The van der Waals surface area contributed by atoms with Crippen molar-refractivity contribution in [3.05, 3.63) is 58.4 Å². The van der Waals surface area contributed by atoms with Crippen LogP contribution in [0, 0.1) is 5.82 Å². The number of benzene rings is 2. The Bertz CT molecular complexity index is 576. The molecule has 3 nitrogen and oxygen atoms in total. The molecule has 0 heterocycles. The van der Waals surface area contributed by atoms with Crippen LogP contribution in [0.2, 0.25) is 5.02 Å². The predicted molar refractivity (Wildman–Crippen MR) is 77.0 cm³/mol. The Balaban J connectivity index is 2.61. The highest BCUT2D eigenvalue weighted by atomic mass is 35.5. The van der Waals surface area contributed by atoms with E-state index in [-0.39, 0.29) is 10.6 Å². The maximum atomic E-state index is 14.0. The number of halogens is 2. The Morgan fingerprint density at radius 3 is 2.05 bits per heavy atom. The van der Waals surface area contributed by atoms with Crippen LogP contribution in [0.4, 0.5) is 4.39 Å². The molecule has 2 aromatic rings. The molecule has 0 aliphatic rings. The second-order valence-corrected chi connectivity index (χ2v) is 4.60. The molecule has 0 aromatic heterocycles. The minimum absolute atomic E-state index is 0.219. The number of methoxy groups -OCH3 is 2. The molecule has 0 aliphatic carbocycles. The lowest BCUT2D eigenvalue weighted by Gasteiger charge is -2.20. The van der Waals surface area contributed by atoms with Crippen LogP contribution in [-0.2, 0) is 0 Å². The molecular weight excluding hydrogens is 281 g/mol. The standard InChI is InChI=1S/C15H15ClFNO2/c1-19-11-7-4-8-12(20-2)14(11)15(18)13-9(16)5-3-6-10(13)17/h3-8,15H,18H2,1-2H3. The average Bonchev–Trinajstić information content (AvgIpc) is 2.45. The molecule has 0 aliphatic heterocycles. The van der Waals surface area contributed by atoms with Gasteiger partial charge in [-0.25, -0.2) is 4.39 Å². The summed E-state index contributed by atoms with van der Waals surface area (Å²) in [7, 11) is 3.04. The van der Waals surface area contributed by atoms with E-state index in [0.29, 0.717) is 17.1 Å². The molecule has 0 spiro atoms. The van der Waals surface area contributed by atoms with Gasteiger partial charge in [-0.05, 0) is 24.3 Å². The highest BCUT2D eigenvalue weighted by Crippen LogP contribution is 2.38. The molecule has 106 valence electrons. The van der Waals surface area contributed by atoms with Crippen molar-refractivity contribution in [1.29, 1.82) is 0 Å². The topological polar surface area (TPSA) is 44.5 Å². The molecule has 2 rings (SSSR count). The van der Waals surface area contributed by atoms with Gasteiger partial charge in [0, 0.05) is 10.6 Å². The van der Waals surface area contributed by atoms with Crippen LogP contribution in [0.5, 0.6) is 11.5 Å². The number of hydrogen-bond donors (Lipinski definition) is 1. The Morgan fingerprint density at radius 1 is 1.00 bits per heavy atom. The van der Waals surface area contributed by atoms with Crippen LogP contribution >= 0.6 is 11.6 Å². The Morgan fingerprint density at radius 2 is 1.55 bits per heavy atom. The summed E-state index contributed by atoms with van der Waals surface area (Å²) in [6, 6.07) is 8.93. The first kappa shape index (κ1) is 14.6. The van der Waals surface area contributed by atoms with E-state index in [0.717, 1.165) is 0 Å². The minimum atomic E-state index is -0.783. The maximum Gasteiger partial charge on any atom is 0.129 e. The normalized spacial score (nSPS) is 12.1. The molecule has 0 amide bonds. The van der Waals surface area contributed by atoms with Crippen molar-refractivity contribution in [2.24, 2.45) is 5.73 Å². The molecule has 0 bridgehead atoms. The molecule has 0 fully saturated rings. The first-order valence-corrected chi connectivity index (χ1v) is 6.38. The van der Waals surface area contributed by atoms with Gasteiger partial charge >= 0.3 is 0 Å². The van der Waals surface area contributed by atoms with Crippen molar-refractivity contribution >= 4 is 11.6 Å². The van der Waals surface area contributed by atoms with Crippen LogP contribution in [-0.4, -0.2) is 14.2 Å². The van der Waals surface area contributed by atoms with Gasteiger partial charge in [0.05, 0.1) is 25.8 Å². The van der Waals surface area contributed by atoms with Crippen LogP contribution in [0.1, 0.15) is 17.2 Å². The summed E-state index contributed by atoms with van der Waals surface area (Å²) in [5, 5.41) is 0.269. The van der Waals surface area contributed by atoms with E-state index in [1.54, 1.807) is 24.3 Å². The SMILES string of the molecule is COc1cccc(OC)c1C(N)c1c(F)cccc1Cl. The summed E-state index contributed by atoms with van der Waals surface area (Å²) in [6.07, 6.45) is 0. The van der Waals surface area contributed by atoms with Gasteiger partial charge in [-0.1, -0.05) is 23.7 Å². The van der Waals surface area contributed by atoms with E-state index >= 15 is 0 Å². The molecule has 2 N–H and O–H groups in total. The second kappa shape index (κ2) is 6.11. The third-order valence-corrected chi connectivity index (χ3v) is 3.42. The van der Waals surface area contributed by atoms with E-state index in [4.69, 9.17) is 26.8 Å². The number of nitrogens with two attached hydrogens (primary N) is 1. The predicted octanol–water partition coefficient (Wildman–Crippen LogP) is 3.54. The summed E-state index contributed by atoms with van der Waals surface area (Å²) < 4.78 is 24.6. The van der Waals surface area contributed by atoms with Gasteiger partial charge in [-0.2, -0.15) is 0 Å². The lowest BCUT2D eigenvalue weighted by molar-refractivity contribution is 0.381. The van der Waals surface area contributed by atoms with Gasteiger partial charge < -0.3 is 15.2 Å². The monoisotopic (exact) mass is 295 g/mol. The summed E-state index contributed by atoms with van der Waals surface area (Å²) in [5.41, 5.74) is 6.97. The second-order valence-electron chi connectivity index (χ2n) is 4.19. The van der Waals surface area contributed by atoms with Crippen molar-refractivity contribution in [2.45, 2.75) is 6.04 Å². The van der Waals surface area contributed by atoms with Crippen molar-refractivity contribution in [1.82, 2.24) is 0 Å². The summed E-state index contributed by atoms with van der Waals surface area (Å²) in [5.74, 6) is 0.588. The van der Waals surface area contributed by atoms with Gasteiger partial charge in [-0.3, -0.25) is 0 Å². The van der Waals surface area contributed by atoms with Crippen molar-refractivity contribution in [3.8, 4) is 11.5 Å². The van der Waals surface area contributed by atoms with E-state index in [2.05, 4.69) is 0 Å². The fourth-order valence-electron chi connectivity index (χ4n) is 2.14. The molecule has 5 heteroatoms. The lowest BCUT2D eigenvalue weighted by atomic mass is 9.97.